The van der Waals surface area contributed by atoms with Crippen molar-refractivity contribution in [2.45, 2.75) is 24.5 Å². The number of imidazole rings is 1. The third kappa shape index (κ3) is 2.82. The van der Waals surface area contributed by atoms with Gasteiger partial charge in [-0.2, -0.15) is 0 Å². The quantitative estimate of drug-likeness (QED) is 0.421. The van der Waals surface area contributed by atoms with Crippen LogP contribution in [0.4, 0.5) is 5.82 Å². The summed E-state index contributed by atoms with van der Waals surface area (Å²) < 4.78 is 28.2. The molecule has 2 fully saturated rings. The summed E-state index contributed by atoms with van der Waals surface area (Å²) in [5, 5.41) is 10.4. The first-order valence-corrected chi connectivity index (χ1v) is 7.88. The van der Waals surface area contributed by atoms with Gasteiger partial charge in [0.1, 0.15) is 30.2 Å². The van der Waals surface area contributed by atoms with E-state index in [1.54, 1.807) is 0 Å². The molecule has 0 aliphatic carbocycles. The first kappa shape index (κ1) is 17.2. The number of aliphatic hydroxyl groups is 1. The summed E-state index contributed by atoms with van der Waals surface area (Å²) in [5.74, 6) is 0.202. The largest absolute Gasteiger partial charge is 0.472 e. The zero-order chi connectivity index (χ0) is 15.5. The van der Waals surface area contributed by atoms with E-state index in [-0.39, 0.29) is 42.0 Å². The third-order valence-electron chi connectivity index (χ3n) is 3.63. The zero-order valence-electron chi connectivity index (χ0n) is 12.0. The fourth-order valence-corrected chi connectivity index (χ4v) is 3.59. The summed E-state index contributed by atoms with van der Waals surface area (Å²) in [6.45, 7) is -0.157. The molecular weight excluding hydrogens is 340 g/mol. The Bertz CT molecular complexity index is 788. The molecule has 0 amide bonds. The summed E-state index contributed by atoms with van der Waals surface area (Å²) in [5.41, 5.74) is 6.46. The van der Waals surface area contributed by atoms with E-state index < -0.39 is 32.4 Å². The number of nitrogen functional groups attached to an aromatic ring is 1. The van der Waals surface area contributed by atoms with E-state index in [2.05, 4.69) is 19.5 Å². The van der Waals surface area contributed by atoms with Crippen molar-refractivity contribution in [1.29, 1.82) is 0 Å². The number of fused-ring (bicyclic) bond motifs is 2. The summed E-state index contributed by atoms with van der Waals surface area (Å²) in [4.78, 5) is 21.3. The Balaban J connectivity index is 0.00000156. The van der Waals surface area contributed by atoms with Gasteiger partial charge in [-0.15, -0.1) is 0 Å². The molecule has 2 aromatic rings. The van der Waals surface area contributed by atoms with Crippen LogP contribution in [0.15, 0.2) is 12.7 Å². The smallest absolute Gasteiger partial charge is 0.386 e. The molecule has 119 valence electrons. The van der Waals surface area contributed by atoms with Crippen molar-refractivity contribution in [3.8, 4) is 0 Å². The predicted octanol–water partition coefficient (Wildman–Crippen LogP) is -1.20. The molecule has 2 aromatic heterocycles. The van der Waals surface area contributed by atoms with Gasteiger partial charge >= 0.3 is 7.82 Å². The maximum Gasteiger partial charge on any atom is 0.472 e. The van der Waals surface area contributed by atoms with E-state index in [1.165, 1.54) is 17.2 Å². The minimum atomic E-state index is -4.16. The molecule has 13 heteroatoms. The molecule has 0 saturated carbocycles. The number of nitrogens with two attached hydrogens (primary N) is 1. The summed E-state index contributed by atoms with van der Waals surface area (Å²) in [7, 11) is -4.16. The summed E-state index contributed by atoms with van der Waals surface area (Å²) in [6.07, 6.45) is -1.07. The minimum Gasteiger partial charge on any atom is -0.386 e. The van der Waals surface area contributed by atoms with E-state index >= 15 is 0 Å². The van der Waals surface area contributed by atoms with Crippen molar-refractivity contribution in [1.82, 2.24) is 19.5 Å². The van der Waals surface area contributed by atoms with Crippen molar-refractivity contribution in [2.75, 3.05) is 12.3 Å². The molecule has 4 heterocycles. The van der Waals surface area contributed by atoms with Crippen LogP contribution in [0.25, 0.3) is 11.2 Å². The standard InChI is InChI=1S/C10H12N5O6P.Na/c11-8-5-9(13-2-12-8)15(3-14-5)10-6(16)7-4(20-10)1-19-22(17,18)21-7;/h2-4,6-7,10,16H,1H2,(H,17,18)(H2,11,12,13);/t4-,6-,7-,10-;/m1./s1. The molecule has 0 bridgehead atoms. The van der Waals surface area contributed by atoms with Crippen molar-refractivity contribution in [3.63, 3.8) is 0 Å². The number of ether oxygens (including phenoxy) is 1. The van der Waals surface area contributed by atoms with Gasteiger partial charge in [-0.1, -0.05) is 0 Å². The van der Waals surface area contributed by atoms with Crippen molar-refractivity contribution < 1.29 is 28.3 Å². The Morgan fingerprint density at radius 1 is 1.39 bits per heavy atom. The Morgan fingerprint density at radius 2 is 2.17 bits per heavy atom. The van der Waals surface area contributed by atoms with E-state index in [9.17, 15) is 14.6 Å². The van der Waals surface area contributed by atoms with Crippen LogP contribution in [0, 0.1) is 0 Å². The Hall–Kier alpha value is -0.620. The first-order chi connectivity index (χ1) is 10.5. The molecule has 1 radical (unpaired) electrons. The van der Waals surface area contributed by atoms with Crippen LogP contribution in [-0.4, -0.2) is 84.0 Å². The predicted molar refractivity (Wildman–Crippen MR) is 76.1 cm³/mol. The van der Waals surface area contributed by atoms with Crippen molar-refractivity contribution in [2.24, 2.45) is 0 Å². The molecule has 11 nitrogen and oxygen atoms in total. The van der Waals surface area contributed by atoms with Crippen LogP contribution in [0.1, 0.15) is 6.23 Å². The normalized spacial score (nSPS) is 36.6. The number of nitrogens with zero attached hydrogens (tertiary/aromatic N) is 4. The van der Waals surface area contributed by atoms with Crippen LogP contribution in [0.5, 0.6) is 0 Å². The number of phosphoric ester groups is 1. The molecule has 2 saturated heterocycles. The van der Waals surface area contributed by atoms with Crippen LogP contribution in [0.3, 0.4) is 0 Å². The van der Waals surface area contributed by atoms with Gasteiger partial charge < -0.3 is 20.5 Å². The number of rotatable bonds is 1. The topological polar surface area (TPSA) is 155 Å². The van der Waals surface area contributed by atoms with Gasteiger partial charge in [-0.3, -0.25) is 13.6 Å². The van der Waals surface area contributed by atoms with Gasteiger partial charge in [0, 0.05) is 29.6 Å². The molecule has 5 atom stereocenters. The van der Waals surface area contributed by atoms with Crippen LogP contribution < -0.4 is 5.73 Å². The fraction of sp³-hybridized carbons (Fsp3) is 0.500. The number of hydrogen-bond donors (Lipinski definition) is 3. The average Bonchev–Trinajstić information content (AvgIpc) is 3.01. The Morgan fingerprint density at radius 3 is 2.96 bits per heavy atom. The number of aromatic nitrogens is 4. The third-order valence-corrected chi connectivity index (χ3v) is 4.61. The second-order valence-corrected chi connectivity index (χ2v) is 6.38. The zero-order valence-corrected chi connectivity index (χ0v) is 14.9. The van der Waals surface area contributed by atoms with Gasteiger partial charge in [0.25, 0.3) is 0 Å². The number of aliphatic hydroxyl groups excluding tert-OH is 1. The molecule has 4 N–H and O–H groups in total. The van der Waals surface area contributed by atoms with Gasteiger partial charge in [0.2, 0.25) is 0 Å². The molecule has 4 rings (SSSR count). The SMILES string of the molecule is Nc1ncnc2c1ncn2[C@@H]1O[C@@H]2COP(=O)(O)O[C@H]2[C@H]1O.[Na]. The van der Waals surface area contributed by atoms with E-state index in [0.717, 1.165) is 0 Å². The molecule has 2 aliphatic rings. The van der Waals surface area contributed by atoms with Crippen molar-refractivity contribution >= 4 is 54.4 Å². The molecule has 1 unspecified atom stereocenters. The molecule has 0 aromatic carbocycles. The molecular formula is C10H12N5NaO6P. The fourth-order valence-electron chi connectivity index (χ4n) is 2.62. The number of anilines is 1. The summed E-state index contributed by atoms with van der Waals surface area (Å²) >= 11 is 0. The van der Waals surface area contributed by atoms with E-state index in [0.29, 0.717) is 11.2 Å². The van der Waals surface area contributed by atoms with Gasteiger partial charge in [0.05, 0.1) is 12.9 Å². The van der Waals surface area contributed by atoms with E-state index in [4.69, 9.17) is 15.0 Å². The summed E-state index contributed by atoms with van der Waals surface area (Å²) in [6, 6.07) is 0. The average molecular weight is 352 g/mol. The van der Waals surface area contributed by atoms with Crippen LogP contribution >= 0.6 is 7.82 Å². The van der Waals surface area contributed by atoms with Gasteiger partial charge in [-0.25, -0.2) is 19.5 Å². The maximum absolute atomic E-state index is 11.5. The maximum atomic E-state index is 11.5. The van der Waals surface area contributed by atoms with Gasteiger partial charge in [0.15, 0.2) is 17.7 Å². The van der Waals surface area contributed by atoms with Gasteiger partial charge in [-0.05, 0) is 0 Å². The second kappa shape index (κ2) is 6.03. The molecule has 0 spiro atoms. The van der Waals surface area contributed by atoms with Crippen LogP contribution in [-0.2, 0) is 18.3 Å². The Labute approximate surface area is 151 Å². The monoisotopic (exact) mass is 352 g/mol. The minimum absolute atomic E-state index is 0. The number of phosphoric acid groups is 1. The first-order valence-electron chi connectivity index (χ1n) is 6.38. The number of hydrogen-bond acceptors (Lipinski definition) is 9. The molecule has 2 aliphatic heterocycles. The van der Waals surface area contributed by atoms with Crippen LogP contribution in [0.2, 0.25) is 0 Å². The molecule has 23 heavy (non-hydrogen) atoms. The van der Waals surface area contributed by atoms with E-state index in [1.807, 2.05) is 0 Å². The Kier molecular flexibility index (Phi) is 4.51. The second-order valence-electron chi connectivity index (χ2n) is 4.97. The van der Waals surface area contributed by atoms with Crippen molar-refractivity contribution in [3.05, 3.63) is 12.7 Å².